The largest absolute Gasteiger partial charge is 0.194 e. The lowest BCUT2D eigenvalue weighted by molar-refractivity contribution is 0.332. The first kappa shape index (κ1) is 23.4. The zero-order valence-corrected chi connectivity index (χ0v) is 20.9. The zero-order valence-electron chi connectivity index (χ0n) is 20.1. The molecule has 0 N–H and O–H groups in total. The minimum absolute atomic E-state index is 0.277. The third-order valence-electron chi connectivity index (χ3n) is 7.36. The van der Waals surface area contributed by atoms with E-state index in [2.05, 4.69) is 91.7 Å². The molecule has 0 amide bonds. The predicted molar refractivity (Wildman–Crippen MR) is 139 cm³/mol. The fourth-order valence-corrected chi connectivity index (χ4v) is 5.90. The summed E-state index contributed by atoms with van der Waals surface area (Å²) in [5, 5.41) is 1.40. The van der Waals surface area contributed by atoms with Gasteiger partial charge in [0, 0.05) is 4.70 Å². The van der Waals surface area contributed by atoms with Crippen LogP contribution in [0, 0.1) is 11.8 Å². The second-order valence-electron chi connectivity index (χ2n) is 10.7. The maximum atomic E-state index is 4.07. The smallest absolute Gasteiger partial charge is 0.151 e. The van der Waals surface area contributed by atoms with Gasteiger partial charge in [-0.05, 0) is 81.4 Å². The Morgan fingerprint density at radius 2 is 1.77 bits per heavy atom. The molecule has 0 bridgehead atoms. The summed E-state index contributed by atoms with van der Waals surface area (Å²) >= 11 is 1.93. The number of rotatable bonds is 9. The molecule has 2 aromatic rings. The van der Waals surface area contributed by atoms with Crippen molar-refractivity contribution in [3.63, 3.8) is 0 Å². The maximum Gasteiger partial charge on any atom is 0.194 e. The molecule has 0 nitrogen and oxygen atoms in total. The Bertz CT molecular complexity index is 846. The van der Waals surface area contributed by atoms with E-state index in [-0.39, 0.29) is 10.8 Å². The Morgan fingerprint density at radius 3 is 2.40 bits per heavy atom. The van der Waals surface area contributed by atoms with Gasteiger partial charge >= 0.3 is 0 Å². The fraction of sp³-hybridized carbons (Fsp3) is 0.571. The van der Waals surface area contributed by atoms with Gasteiger partial charge < -0.3 is 0 Å². The highest BCUT2D eigenvalue weighted by atomic mass is 32.1. The first-order valence-electron chi connectivity index (χ1n) is 11.9. The highest BCUT2D eigenvalue weighted by Crippen LogP contribution is 2.47. The minimum Gasteiger partial charge on any atom is -0.151 e. The lowest BCUT2D eigenvalue weighted by atomic mass is 9.63. The van der Waals surface area contributed by atoms with E-state index in [1.807, 2.05) is 11.3 Å². The van der Waals surface area contributed by atoms with Crippen LogP contribution in [0.3, 0.4) is 0 Å². The molecule has 0 saturated carbocycles. The molecule has 1 aromatic heterocycles. The summed E-state index contributed by atoms with van der Waals surface area (Å²) in [4.78, 5) is 0. The van der Waals surface area contributed by atoms with Crippen molar-refractivity contribution in [2.45, 2.75) is 90.9 Å². The van der Waals surface area contributed by atoms with Gasteiger partial charge in [-0.1, -0.05) is 73.0 Å². The van der Waals surface area contributed by atoms with Crippen LogP contribution in [0.1, 0.15) is 91.2 Å². The summed E-state index contributed by atoms with van der Waals surface area (Å²) in [7, 11) is 2.29. The third kappa shape index (κ3) is 5.13. The summed E-state index contributed by atoms with van der Waals surface area (Å²) < 4.78 is 2.78. The van der Waals surface area contributed by atoms with E-state index in [9.17, 15) is 0 Å². The Hall–Kier alpha value is -1.28. The number of benzene rings is 1. The molecule has 1 aromatic carbocycles. The van der Waals surface area contributed by atoms with Gasteiger partial charge in [-0.25, -0.2) is 0 Å². The summed E-state index contributed by atoms with van der Waals surface area (Å²) in [5.74, 6) is 3.55. The lowest BCUT2D eigenvalue weighted by Crippen LogP contribution is -2.33. The molecule has 3 rings (SSSR count). The standard InChI is InChI=1S/C28H40BS/c1-8-10-12-20(3)21(9-2)13-11-16-29-26-18-22-17-23-24(19-25(22)30-26)28(6,7)15-14-27(23,4)5/h9,11,16-21H,2,8,10,12-15H2,1,3-7H3/b16-11+. The fourth-order valence-electron chi connectivity index (χ4n) is 4.90. The van der Waals surface area contributed by atoms with Crippen LogP contribution in [0.25, 0.3) is 10.1 Å². The van der Waals surface area contributed by atoms with Crippen LogP contribution >= 0.6 is 11.3 Å². The normalized spacial score (nSPS) is 19.5. The van der Waals surface area contributed by atoms with E-state index in [0.29, 0.717) is 5.92 Å². The minimum atomic E-state index is 0.277. The van der Waals surface area contributed by atoms with Gasteiger partial charge in [0.15, 0.2) is 7.28 Å². The Kier molecular flexibility index (Phi) is 7.38. The second kappa shape index (κ2) is 9.47. The molecule has 2 unspecified atom stereocenters. The molecule has 1 aliphatic rings. The number of unbranched alkanes of at least 4 members (excludes halogenated alkanes) is 1. The van der Waals surface area contributed by atoms with Crippen LogP contribution in [-0.2, 0) is 10.8 Å². The van der Waals surface area contributed by atoms with Crippen LogP contribution < -0.4 is 4.78 Å². The van der Waals surface area contributed by atoms with Crippen molar-refractivity contribution in [3.05, 3.63) is 54.0 Å². The Morgan fingerprint density at radius 1 is 1.10 bits per heavy atom. The van der Waals surface area contributed by atoms with Gasteiger partial charge in [0.2, 0.25) is 0 Å². The first-order valence-corrected chi connectivity index (χ1v) is 12.7. The molecule has 161 valence electrons. The molecule has 1 aliphatic carbocycles. The molecular formula is C28H40BS. The number of allylic oxidation sites excluding steroid dienone is 2. The van der Waals surface area contributed by atoms with Gasteiger partial charge in [-0.2, -0.15) is 11.3 Å². The highest BCUT2D eigenvalue weighted by molar-refractivity contribution is 7.27. The molecular weight excluding hydrogens is 379 g/mol. The summed E-state index contributed by atoms with van der Waals surface area (Å²) in [6.45, 7) is 18.4. The monoisotopic (exact) mass is 419 g/mol. The lowest BCUT2D eigenvalue weighted by Gasteiger charge is -2.41. The molecule has 1 heterocycles. The Labute approximate surface area is 190 Å². The molecule has 0 fully saturated rings. The summed E-state index contributed by atoms with van der Waals surface area (Å²) in [6, 6.07) is 7.34. The van der Waals surface area contributed by atoms with E-state index in [1.165, 1.54) is 47.0 Å². The molecule has 1 radical (unpaired) electrons. The van der Waals surface area contributed by atoms with Crippen LogP contribution in [0.4, 0.5) is 0 Å². The summed E-state index contributed by atoms with van der Waals surface area (Å²) in [5.41, 5.74) is 3.67. The van der Waals surface area contributed by atoms with E-state index in [0.717, 1.165) is 12.3 Å². The maximum absolute atomic E-state index is 4.07. The van der Waals surface area contributed by atoms with Crippen LogP contribution in [-0.4, -0.2) is 7.28 Å². The number of hydrogen-bond acceptors (Lipinski definition) is 1. The van der Waals surface area contributed by atoms with Gasteiger partial charge in [0.25, 0.3) is 0 Å². The van der Waals surface area contributed by atoms with Crippen LogP contribution in [0.15, 0.2) is 42.9 Å². The van der Waals surface area contributed by atoms with Crippen molar-refractivity contribution in [1.82, 2.24) is 0 Å². The number of thiophene rings is 1. The van der Waals surface area contributed by atoms with Gasteiger partial charge in [-0.15, -0.1) is 12.6 Å². The molecule has 0 spiro atoms. The predicted octanol–water partition coefficient (Wildman–Crippen LogP) is 8.11. The molecule has 0 aliphatic heterocycles. The number of fused-ring (bicyclic) bond motifs is 2. The van der Waals surface area contributed by atoms with Gasteiger partial charge in [0.1, 0.15) is 0 Å². The van der Waals surface area contributed by atoms with Crippen LogP contribution in [0.2, 0.25) is 0 Å². The van der Waals surface area contributed by atoms with Crippen molar-refractivity contribution in [2.24, 2.45) is 11.8 Å². The molecule has 0 saturated heterocycles. The third-order valence-corrected chi connectivity index (χ3v) is 8.42. The SMILES string of the molecule is C=CC(C/C=C/[B]c1cc2cc3c(cc2s1)C(C)(C)CCC3(C)C)C(C)CCCC. The topological polar surface area (TPSA) is 0 Å². The second-order valence-corrected chi connectivity index (χ2v) is 11.8. The Balaban J connectivity index is 1.72. The molecule has 30 heavy (non-hydrogen) atoms. The van der Waals surface area contributed by atoms with Crippen molar-refractivity contribution >= 4 is 33.5 Å². The van der Waals surface area contributed by atoms with Gasteiger partial charge in [0.05, 0.1) is 0 Å². The highest BCUT2D eigenvalue weighted by Gasteiger charge is 2.37. The van der Waals surface area contributed by atoms with E-state index in [4.69, 9.17) is 0 Å². The van der Waals surface area contributed by atoms with Crippen molar-refractivity contribution < 1.29 is 0 Å². The molecule has 2 heteroatoms. The average Bonchev–Trinajstić information content (AvgIpc) is 3.11. The van der Waals surface area contributed by atoms with Crippen molar-refractivity contribution in [1.29, 1.82) is 0 Å². The molecule has 2 atom stereocenters. The summed E-state index contributed by atoms with van der Waals surface area (Å²) in [6.07, 6.45) is 12.0. The number of hydrogen-bond donors (Lipinski definition) is 0. The quantitative estimate of drug-likeness (QED) is 0.284. The first-order chi connectivity index (χ1) is 14.2. The van der Waals surface area contributed by atoms with Crippen LogP contribution in [0.5, 0.6) is 0 Å². The van der Waals surface area contributed by atoms with E-state index < -0.39 is 0 Å². The van der Waals surface area contributed by atoms with Crippen molar-refractivity contribution in [2.75, 3.05) is 0 Å². The van der Waals surface area contributed by atoms with Crippen molar-refractivity contribution in [3.8, 4) is 0 Å². The van der Waals surface area contributed by atoms with Gasteiger partial charge in [-0.3, -0.25) is 0 Å². The van der Waals surface area contributed by atoms with E-state index >= 15 is 0 Å². The van der Waals surface area contributed by atoms with E-state index in [1.54, 1.807) is 11.1 Å². The average molecular weight is 420 g/mol. The zero-order chi connectivity index (χ0) is 21.9.